The number of methoxy groups -OCH3 is 1. The lowest BCUT2D eigenvalue weighted by Crippen LogP contribution is -2.45. The third-order valence-corrected chi connectivity index (χ3v) is 5.14. The quantitative estimate of drug-likeness (QED) is 0.732. The van der Waals surface area contributed by atoms with Gasteiger partial charge in [-0.3, -0.25) is 0 Å². The van der Waals surface area contributed by atoms with Crippen molar-refractivity contribution in [1.82, 2.24) is 19.8 Å². The number of aliphatic hydroxyl groups is 1. The summed E-state index contributed by atoms with van der Waals surface area (Å²) in [7, 11) is 1.62. The van der Waals surface area contributed by atoms with Crippen LogP contribution in [-0.4, -0.2) is 52.3 Å². The van der Waals surface area contributed by atoms with Crippen LogP contribution in [0.25, 0.3) is 0 Å². The van der Waals surface area contributed by atoms with Crippen LogP contribution >= 0.6 is 0 Å². The highest BCUT2D eigenvalue weighted by atomic mass is 16.5. The van der Waals surface area contributed by atoms with E-state index >= 15 is 0 Å². The molecule has 1 fully saturated rings. The van der Waals surface area contributed by atoms with Crippen LogP contribution in [0.2, 0.25) is 0 Å². The molecule has 0 saturated carbocycles. The standard InChI is InChI=1S/C20H28N4O3/c1-27-18-5-2-4-17(14-18)19(25)16-6-11-24(12-7-16)20(26)22-8-3-10-23-13-9-21-15-23/h2,4-5,9,13-16,19,25H,3,6-8,10-12H2,1H3,(H,22,26). The number of carbonyl (C=O) groups is 1. The Morgan fingerprint density at radius 2 is 2.22 bits per heavy atom. The third-order valence-electron chi connectivity index (χ3n) is 5.14. The van der Waals surface area contributed by atoms with E-state index in [4.69, 9.17) is 4.74 Å². The molecule has 0 bridgehead atoms. The van der Waals surface area contributed by atoms with E-state index < -0.39 is 6.10 Å². The van der Waals surface area contributed by atoms with Crippen molar-refractivity contribution in [2.45, 2.75) is 31.9 Å². The SMILES string of the molecule is COc1cccc(C(O)C2CCN(C(=O)NCCCn3ccnc3)CC2)c1. The number of benzene rings is 1. The minimum atomic E-state index is -0.527. The first-order valence-corrected chi connectivity index (χ1v) is 9.48. The lowest BCUT2D eigenvalue weighted by molar-refractivity contribution is 0.0664. The predicted octanol–water partition coefficient (Wildman–Crippen LogP) is 2.44. The number of nitrogens with one attached hydrogen (secondary N) is 1. The second kappa shape index (κ2) is 9.41. The molecule has 146 valence electrons. The number of ether oxygens (including phenoxy) is 1. The molecule has 2 heterocycles. The molecule has 2 N–H and O–H groups in total. The molecule has 7 heteroatoms. The van der Waals surface area contributed by atoms with Gasteiger partial charge in [0.05, 0.1) is 19.5 Å². The summed E-state index contributed by atoms with van der Waals surface area (Å²) < 4.78 is 7.23. The van der Waals surface area contributed by atoms with Crippen molar-refractivity contribution in [3.05, 3.63) is 48.5 Å². The Bertz CT molecular complexity index is 712. The predicted molar refractivity (Wildman–Crippen MR) is 102 cm³/mol. The number of amides is 2. The molecule has 1 aromatic heterocycles. The lowest BCUT2D eigenvalue weighted by Gasteiger charge is -2.34. The highest BCUT2D eigenvalue weighted by Crippen LogP contribution is 2.32. The van der Waals surface area contributed by atoms with E-state index in [1.807, 2.05) is 39.9 Å². The molecule has 1 aliphatic rings. The maximum atomic E-state index is 12.3. The summed E-state index contributed by atoms with van der Waals surface area (Å²) in [6.45, 7) is 2.82. The Morgan fingerprint density at radius 3 is 2.93 bits per heavy atom. The second-order valence-corrected chi connectivity index (χ2v) is 6.93. The largest absolute Gasteiger partial charge is 0.497 e. The Morgan fingerprint density at radius 1 is 1.41 bits per heavy atom. The summed E-state index contributed by atoms with van der Waals surface area (Å²) in [5.74, 6) is 0.904. The number of carbonyl (C=O) groups excluding carboxylic acids is 1. The average molecular weight is 372 g/mol. The maximum absolute atomic E-state index is 12.3. The van der Waals surface area contributed by atoms with Gasteiger partial charge in [0.15, 0.2) is 0 Å². The van der Waals surface area contributed by atoms with E-state index in [1.165, 1.54) is 0 Å². The van der Waals surface area contributed by atoms with Crippen LogP contribution in [0.1, 0.15) is 30.9 Å². The molecule has 2 amide bonds. The van der Waals surface area contributed by atoms with Gasteiger partial charge in [0.1, 0.15) is 5.75 Å². The molecule has 1 aromatic carbocycles. The minimum Gasteiger partial charge on any atom is -0.497 e. The van der Waals surface area contributed by atoms with Crippen molar-refractivity contribution < 1.29 is 14.6 Å². The molecule has 1 unspecified atom stereocenters. The molecule has 7 nitrogen and oxygen atoms in total. The Hall–Kier alpha value is -2.54. The summed E-state index contributed by atoms with van der Waals surface area (Å²) >= 11 is 0. The third kappa shape index (κ3) is 5.23. The van der Waals surface area contributed by atoms with Crippen molar-refractivity contribution in [2.75, 3.05) is 26.7 Å². The second-order valence-electron chi connectivity index (χ2n) is 6.93. The van der Waals surface area contributed by atoms with Gasteiger partial charge in [0.25, 0.3) is 0 Å². The molecule has 0 aliphatic carbocycles. The highest BCUT2D eigenvalue weighted by molar-refractivity contribution is 5.74. The zero-order valence-corrected chi connectivity index (χ0v) is 15.8. The molecule has 0 radical (unpaired) electrons. The smallest absolute Gasteiger partial charge is 0.317 e. The molecule has 3 rings (SSSR count). The topological polar surface area (TPSA) is 79.6 Å². The van der Waals surface area contributed by atoms with Crippen molar-refractivity contribution in [1.29, 1.82) is 0 Å². The van der Waals surface area contributed by atoms with Gasteiger partial charge < -0.3 is 24.6 Å². The van der Waals surface area contributed by atoms with Crippen molar-refractivity contribution >= 4 is 6.03 Å². The van der Waals surface area contributed by atoms with E-state index in [-0.39, 0.29) is 11.9 Å². The number of imidazole rings is 1. The van der Waals surface area contributed by atoms with Gasteiger partial charge in [-0.15, -0.1) is 0 Å². The first-order valence-electron chi connectivity index (χ1n) is 9.48. The molecule has 0 spiro atoms. The van der Waals surface area contributed by atoms with Crippen molar-refractivity contribution in [3.8, 4) is 5.75 Å². The number of piperidine rings is 1. The van der Waals surface area contributed by atoms with E-state index in [0.717, 1.165) is 37.1 Å². The summed E-state index contributed by atoms with van der Waals surface area (Å²) in [5, 5.41) is 13.7. The zero-order valence-electron chi connectivity index (χ0n) is 15.8. The number of aliphatic hydroxyl groups excluding tert-OH is 1. The van der Waals surface area contributed by atoms with Crippen LogP contribution in [0.4, 0.5) is 4.79 Å². The van der Waals surface area contributed by atoms with Crippen LogP contribution < -0.4 is 10.1 Å². The molecule has 1 aliphatic heterocycles. The average Bonchev–Trinajstić information content (AvgIpc) is 3.24. The fourth-order valence-corrected chi connectivity index (χ4v) is 3.50. The summed E-state index contributed by atoms with van der Waals surface area (Å²) in [6, 6.07) is 7.55. The summed E-state index contributed by atoms with van der Waals surface area (Å²) in [4.78, 5) is 18.1. The van der Waals surface area contributed by atoms with Crippen LogP contribution in [0, 0.1) is 5.92 Å². The lowest BCUT2D eigenvalue weighted by atomic mass is 9.87. The highest BCUT2D eigenvalue weighted by Gasteiger charge is 2.28. The van der Waals surface area contributed by atoms with E-state index in [2.05, 4.69) is 10.3 Å². The first kappa shape index (κ1) is 19.2. The Labute approximate surface area is 160 Å². The van der Waals surface area contributed by atoms with Crippen LogP contribution in [0.5, 0.6) is 5.75 Å². The van der Waals surface area contributed by atoms with Gasteiger partial charge in [-0.05, 0) is 42.9 Å². The number of rotatable bonds is 7. The van der Waals surface area contributed by atoms with Gasteiger partial charge in [-0.2, -0.15) is 0 Å². The van der Waals surface area contributed by atoms with Gasteiger partial charge in [0, 0.05) is 38.6 Å². The number of nitrogens with zero attached hydrogens (tertiary/aromatic N) is 3. The van der Waals surface area contributed by atoms with E-state index in [9.17, 15) is 9.90 Å². The fourth-order valence-electron chi connectivity index (χ4n) is 3.50. The maximum Gasteiger partial charge on any atom is 0.317 e. The summed E-state index contributed by atoms with van der Waals surface area (Å²) in [6.07, 6.45) is 7.37. The molecule has 2 aromatic rings. The van der Waals surface area contributed by atoms with E-state index in [0.29, 0.717) is 19.6 Å². The molecule has 1 saturated heterocycles. The molecular formula is C20H28N4O3. The molecule has 27 heavy (non-hydrogen) atoms. The molecular weight excluding hydrogens is 344 g/mol. The van der Waals surface area contributed by atoms with Crippen LogP contribution in [0.3, 0.4) is 0 Å². The van der Waals surface area contributed by atoms with Gasteiger partial charge >= 0.3 is 6.03 Å². The van der Waals surface area contributed by atoms with Gasteiger partial charge in [-0.25, -0.2) is 9.78 Å². The van der Waals surface area contributed by atoms with E-state index in [1.54, 1.807) is 19.6 Å². The van der Waals surface area contributed by atoms with Crippen molar-refractivity contribution in [2.24, 2.45) is 5.92 Å². The van der Waals surface area contributed by atoms with Crippen molar-refractivity contribution in [3.63, 3.8) is 0 Å². The first-order chi connectivity index (χ1) is 13.2. The molecule has 1 atom stereocenters. The van der Waals surface area contributed by atoms with Gasteiger partial charge in [0.2, 0.25) is 0 Å². The van der Waals surface area contributed by atoms with Gasteiger partial charge in [-0.1, -0.05) is 12.1 Å². The number of likely N-dealkylation sites (tertiary alicyclic amines) is 1. The zero-order chi connectivity index (χ0) is 19.1. The minimum absolute atomic E-state index is 0.0186. The van der Waals surface area contributed by atoms with Crippen LogP contribution in [0.15, 0.2) is 43.0 Å². The number of aromatic nitrogens is 2. The number of urea groups is 1. The Balaban J connectivity index is 1.40. The number of aryl methyl sites for hydroxylation is 1. The number of hydrogen-bond donors (Lipinski definition) is 2. The fraction of sp³-hybridized carbons (Fsp3) is 0.500. The Kier molecular flexibility index (Phi) is 6.70. The number of hydrogen-bond acceptors (Lipinski definition) is 4. The monoisotopic (exact) mass is 372 g/mol. The summed E-state index contributed by atoms with van der Waals surface area (Å²) in [5.41, 5.74) is 0.872. The van der Waals surface area contributed by atoms with Crippen LogP contribution in [-0.2, 0) is 6.54 Å². The normalized spacial score (nSPS) is 16.1.